The third-order valence-corrected chi connectivity index (χ3v) is 2.92. The van der Waals surface area contributed by atoms with Crippen LogP contribution in [0, 0.1) is 0 Å². The first-order valence-electron chi connectivity index (χ1n) is 6.09. The second-order valence-electron chi connectivity index (χ2n) is 4.24. The molecule has 1 rings (SSSR count). The quantitative estimate of drug-likeness (QED) is 0.571. The van der Waals surface area contributed by atoms with Gasteiger partial charge in [-0.25, -0.2) is 0 Å². The number of likely N-dealkylation sites (N-methyl/N-ethyl adjacent to an activating group) is 1. The van der Waals surface area contributed by atoms with E-state index in [4.69, 9.17) is 0 Å². The number of unbranched alkanes of at least 4 members (excludes halogenated alkanes) is 5. The Morgan fingerprint density at radius 1 is 1.14 bits per heavy atom. The molecule has 0 aromatic rings. The molecule has 0 radical (unpaired) electrons. The molecular formula is C12H24N2. The van der Waals surface area contributed by atoms with Crippen LogP contribution >= 0.6 is 0 Å². The minimum absolute atomic E-state index is 1.02. The first-order chi connectivity index (χ1) is 6.84. The van der Waals surface area contributed by atoms with Crippen molar-refractivity contribution in [2.24, 2.45) is 4.99 Å². The van der Waals surface area contributed by atoms with Crippen molar-refractivity contribution >= 4 is 5.84 Å². The summed E-state index contributed by atoms with van der Waals surface area (Å²) in [5.74, 6) is 1.33. The lowest BCUT2D eigenvalue weighted by Crippen LogP contribution is -2.22. The van der Waals surface area contributed by atoms with Crippen LogP contribution in [0.25, 0.3) is 0 Å². The Morgan fingerprint density at radius 3 is 2.50 bits per heavy atom. The van der Waals surface area contributed by atoms with Crippen LogP contribution < -0.4 is 0 Å². The molecule has 1 aliphatic rings. The fourth-order valence-corrected chi connectivity index (χ4v) is 1.91. The van der Waals surface area contributed by atoms with Crippen LogP contribution in [0.15, 0.2) is 4.99 Å². The summed E-state index contributed by atoms with van der Waals surface area (Å²) in [6.07, 6.45) is 9.47. The summed E-state index contributed by atoms with van der Waals surface area (Å²) in [5.41, 5.74) is 0. The van der Waals surface area contributed by atoms with Crippen LogP contribution in [0.5, 0.6) is 0 Å². The Kier molecular flexibility index (Phi) is 5.65. The van der Waals surface area contributed by atoms with E-state index in [9.17, 15) is 0 Å². The number of amidine groups is 1. The van der Waals surface area contributed by atoms with Crippen LogP contribution in [0.2, 0.25) is 0 Å². The molecule has 82 valence electrons. The van der Waals surface area contributed by atoms with E-state index in [1.165, 1.54) is 50.8 Å². The first kappa shape index (κ1) is 11.5. The highest BCUT2D eigenvalue weighted by Gasteiger charge is 2.10. The van der Waals surface area contributed by atoms with Crippen molar-refractivity contribution in [3.05, 3.63) is 0 Å². The highest BCUT2D eigenvalue weighted by Crippen LogP contribution is 2.10. The number of aliphatic imine (C=N–C) groups is 1. The van der Waals surface area contributed by atoms with Gasteiger partial charge in [0.25, 0.3) is 0 Å². The molecule has 0 saturated carbocycles. The van der Waals surface area contributed by atoms with Gasteiger partial charge in [0.2, 0.25) is 0 Å². The van der Waals surface area contributed by atoms with Crippen LogP contribution in [0.1, 0.15) is 51.9 Å². The van der Waals surface area contributed by atoms with Crippen molar-refractivity contribution in [1.82, 2.24) is 4.90 Å². The summed E-state index contributed by atoms with van der Waals surface area (Å²) in [6.45, 7) is 4.41. The van der Waals surface area contributed by atoms with E-state index >= 15 is 0 Å². The van der Waals surface area contributed by atoms with Gasteiger partial charge in [-0.05, 0) is 6.42 Å². The van der Waals surface area contributed by atoms with Gasteiger partial charge in [-0.1, -0.05) is 39.0 Å². The number of hydrogen-bond acceptors (Lipinski definition) is 2. The Bertz CT molecular complexity index is 175. The van der Waals surface area contributed by atoms with Gasteiger partial charge in [0, 0.05) is 20.0 Å². The van der Waals surface area contributed by atoms with Crippen LogP contribution in [0.4, 0.5) is 0 Å². The molecule has 0 saturated heterocycles. The monoisotopic (exact) mass is 196 g/mol. The summed E-state index contributed by atoms with van der Waals surface area (Å²) < 4.78 is 0. The van der Waals surface area contributed by atoms with E-state index in [0.29, 0.717) is 0 Å². The molecule has 0 aromatic heterocycles. The van der Waals surface area contributed by atoms with Gasteiger partial charge < -0.3 is 4.90 Å². The molecule has 2 nitrogen and oxygen atoms in total. The topological polar surface area (TPSA) is 15.6 Å². The third-order valence-electron chi connectivity index (χ3n) is 2.92. The fraction of sp³-hybridized carbons (Fsp3) is 0.917. The minimum Gasteiger partial charge on any atom is -0.362 e. The smallest absolute Gasteiger partial charge is 0.0987 e. The third kappa shape index (κ3) is 4.12. The van der Waals surface area contributed by atoms with E-state index in [1.54, 1.807) is 0 Å². The summed E-state index contributed by atoms with van der Waals surface area (Å²) in [5, 5.41) is 0. The molecule has 1 aliphatic heterocycles. The van der Waals surface area contributed by atoms with Gasteiger partial charge in [0.1, 0.15) is 0 Å². The average Bonchev–Trinajstić information content (AvgIpc) is 2.58. The Labute approximate surface area is 88.4 Å². The molecule has 0 aromatic carbocycles. The lowest BCUT2D eigenvalue weighted by atomic mass is 10.1. The molecule has 0 N–H and O–H groups in total. The Hall–Kier alpha value is -0.530. The highest BCUT2D eigenvalue weighted by atomic mass is 15.2. The summed E-state index contributed by atoms with van der Waals surface area (Å²) in [7, 11) is 2.16. The molecular weight excluding hydrogens is 172 g/mol. The molecule has 14 heavy (non-hydrogen) atoms. The van der Waals surface area contributed by atoms with Crippen molar-refractivity contribution < 1.29 is 0 Å². The van der Waals surface area contributed by atoms with E-state index in [1.807, 2.05) is 0 Å². The number of rotatable bonds is 7. The average molecular weight is 196 g/mol. The van der Waals surface area contributed by atoms with Gasteiger partial charge in [0.15, 0.2) is 0 Å². The Balaban J connectivity index is 1.93. The standard InChI is InChI=1S/C12H24N2/c1-3-4-5-6-7-8-9-12-13-10-11-14(12)2/h3-11H2,1-2H3. The highest BCUT2D eigenvalue weighted by molar-refractivity contribution is 5.83. The molecule has 0 aliphatic carbocycles. The largest absolute Gasteiger partial charge is 0.362 e. The number of nitrogens with zero attached hydrogens (tertiary/aromatic N) is 2. The van der Waals surface area contributed by atoms with Crippen molar-refractivity contribution in [3.8, 4) is 0 Å². The van der Waals surface area contributed by atoms with Crippen LogP contribution in [-0.2, 0) is 0 Å². The minimum atomic E-state index is 1.02. The lowest BCUT2D eigenvalue weighted by molar-refractivity contribution is 0.535. The van der Waals surface area contributed by atoms with Gasteiger partial charge in [-0.15, -0.1) is 0 Å². The number of hydrogen-bond donors (Lipinski definition) is 0. The molecule has 0 fully saturated rings. The van der Waals surface area contributed by atoms with E-state index in [-0.39, 0.29) is 0 Å². The normalized spacial score (nSPS) is 16.1. The van der Waals surface area contributed by atoms with Crippen molar-refractivity contribution in [3.63, 3.8) is 0 Å². The van der Waals surface area contributed by atoms with Gasteiger partial charge >= 0.3 is 0 Å². The van der Waals surface area contributed by atoms with Crippen molar-refractivity contribution in [1.29, 1.82) is 0 Å². The van der Waals surface area contributed by atoms with Gasteiger partial charge in [0.05, 0.1) is 12.4 Å². The van der Waals surface area contributed by atoms with Crippen molar-refractivity contribution in [2.75, 3.05) is 20.1 Å². The fourth-order valence-electron chi connectivity index (χ4n) is 1.91. The zero-order valence-corrected chi connectivity index (χ0v) is 9.76. The SMILES string of the molecule is CCCCCCCCC1=NCCN1C. The summed E-state index contributed by atoms with van der Waals surface area (Å²) >= 11 is 0. The zero-order chi connectivity index (χ0) is 10.2. The maximum absolute atomic E-state index is 4.49. The van der Waals surface area contributed by atoms with Crippen LogP contribution in [-0.4, -0.2) is 30.9 Å². The second-order valence-corrected chi connectivity index (χ2v) is 4.24. The first-order valence-corrected chi connectivity index (χ1v) is 6.09. The second kappa shape index (κ2) is 6.86. The molecule has 1 heterocycles. The molecule has 0 atom stereocenters. The molecule has 0 bridgehead atoms. The predicted octanol–water partition coefficient (Wildman–Crippen LogP) is 3.08. The molecule has 0 spiro atoms. The molecule has 0 amide bonds. The summed E-state index contributed by atoms with van der Waals surface area (Å²) in [4.78, 5) is 6.79. The zero-order valence-electron chi connectivity index (χ0n) is 9.76. The molecule has 2 heteroatoms. The van der Waals surface area contributed by atoms with Crippen molar-refractivity contribution in [2.45, 2.75) is 51.9 Å². The predicted molar refractivity (Wildman–Crippen MR) is 62.9 cm³/mol. The van der Waals surface area contributed by atoms with E-state index < -0.39 is 0 Å². The maximum atomic E-state index is 4.49. The maximum Gasteiger partial charge on any atom is 0.0987 e. The van der Waals surface area contributed by atoms with Gasteiger partial charge in [-0.3, -0.25) is 4.99 Å². The van der Waals surface area contributed by atoms with E-state index in [2.05, 4.69) is 23.9 Å². The van der Waals surface area contributed by atoms with Gasteiger partial charge in [-0.2, -0.15) is 0 Å². The van der Waals surface area contributed by atoms with E-state index in [0.717, 1.165) is 13.1 Å². The lowest BCUT2D eigenvalue weighted by Gasteiger charge is -2.13. The molecule has 0 unspecified atom stereocenters. The van der Waals surface area contributed by atoms with Crippen LogP contribution in [0.3, 0.4) is 0 Å². The Morgan fingerprint density at radius 2 is 1.86 bits per heavy atom. The summed E-state index contributed by atoms with van der Waals surface area (Å²) in [6, 6.07) is 0.